The van der Waals surface area contributed by atoms with E-state index in [1.54, 1.807) is 51.1 Å². The van der Waals surface area contributed by atoms with Gasteiger partial charge in [-0.25, -0.2) is 22.8 Å². The first kappa shape index (κ1) is 29.0. The molecule has 4 rings (SSSR count). The molecule has 0 atom stereocenters. The molecule has 0 aliphatic heterocycles. The summed E-state index contributed by atoms with van der Waals surface area (Å²) in [6.45, 7) is 8.76. The van der Waals surface area contributed by atoms with Crippen molar-refractivity contribution in [3.63, 3.8) is 0 Å². The highest BCUT2D eigenvalue weighted by atomic mass is 35.5. The van der Waals surface area contributed by atoms with Crippen LogP contribution in [-0.2, 0) is 14.6 Å². The van der Waals surface area contributed by atoms with Crippen molar-refractivity contribution in [2.24, 2.45) is 0 Å². The number of anilines is 4. The molecule has 11 nitrogen and oxygen atoms in total. The Morgan fingerprint density at radius 2 is 1.85 bits per heavy atom. The summed E-state index contributed by atoms with van der Waals surface area (Å²) in [4.78, 5) is 21.1. The molecule has 2 heterocycles. The molecule has 0 aliphatic rings. The molecule has 212 valence electrons. The second kappa shape index (κ2) is 11.6. The van der Waals surface area contributed by atoms with Gasteiger partial charge in [-0.1, -0.05) is 23.7 Å². The molecule has 0 amide bonds. The third-order valence-electron chi connectivity index (χ3n) is 5.77. The van der Waals surface area contributed by atoms with Gasteiger partial charge in [0.25, 0.3) is 0 Å². The number of hydrogen-bond donors (Lipinski definition) is 3. The van der Waals surface area contributed by atoms with Crippen molar-refractivity contribution in [3.05, 3.63) is 53.8 Å². The van der Waals surface area contributed by atoms with Crippen molar-refractivity contribution in [1.29, 1.82) is 0 Å². The first-order chi connectivity index (χ1) is 18.9. The fraction of sp³-hybridized carbons (Fsp3) is 0.296. The van der Waals surface area contributed by atoms with Gasteiger partial charge in [0.05, 0.1) is 40.4 Å². The van der Waals surface area contributed by atoms with E-state index in [-0.39, 0.29) is 40.3 Å². The van der Waals surface area contributed by atoms with Crippen LogP contribution < -0.4 is 15.4 Å². The van der Waals surface area contributed by atoms with Gasteiger partial charge in [0.1, 0.15) is 10.8 Å². The monoisotopic (exact) mass is 587 g/mol. The number of ether oxygens (including phenoxy) is 2. The highest BCUT2D eigenvalue weighted by Gasteiger charge is 2.23. The number of carbonyl (C=O) groups excluding carboxylic acids is 1. The SMILES string of the molecule is CCOC(=O)n1cc2cc(OC(C)C)c(Nc3ncc(Cl)c(Nc4ccccc4S(=O)(=O)C(C)C)n3)cc2c1O. The largest absolute Gasteiger partial charge is 0.494 e. The van der Waals surface area contributed by atoms with Crippen LogP contribution in [0, 0.1) is 0 Å². The Hall–Kier alpha value is -4.03. The first-order valence-electron chi connectivity index (χ1n) is 12.5. The molecule has 3 N–H and O–H groups in total. The average molecular weight is 588 g/mol. The van der Waals surface area contributed by atoms with E-state index in [4.69, 9.17) is 21.1 Å². The number of aromatic hydroxyl groups is 1. The van der Waals surface area contributed by atoms with Crippen LogP contribution in [0.5, 0.6) is 11.6 Å². The number of benzene rings is 2. The normalized spacial score (nSPS) is 11.7. The van der Waals surface area contributed by atoms with Gasteiger partial charge in [-0.05, 0) is 58.9 Å². The number of halogens is 1. The van der Waals surface area contributed by atoms with Gasteiger partial charge in [0.15, 0.2) is 15.7 Å². The van der Waals surface area contributed by atoms with Crippen molar-refractivity contribution < 1.29 is 27.8 Å². The molecule has 40 heavy (non-hydrogen) atoms. The van der Waals surface area contributed by atoms with Crippen LogP contribution in [0.15, 0.2) is 53.7 Å². The number of para-hydroxylation sites is 1. The van der Waals surface area contributed by atoms with Gasteiger partial charge in [-0.2, -0.15) is 4.98 Å². The fourth-order valence-corrected chi connectivity index (χ4v) is 5.18. The van der Waals surface area contributed by atoms with Crippen LogP contribution in [0.3, 0.4) is 0 Å². The highest BCUT2D eigenvalue weighted by Crippen LogP contribution is 2.38. The first-order valence-corrected chi connectivity index (χ1v) is 14.5. The van der Waals surface area contributed by atoms with Crippen molar-refractivity contribution >= 4 is 61.4 Å². The summed E-state index contributed by atoms with van der Waals surface area (Å²) in [5.74, 6) is 0.419. The molecule has 0 bridgehead atoms. The quantitative estimate of drug-likeness (QED) is 0.205. The van der Waals surface area contributed by atoms with E-state index in [1.807, 2.05) is 13.8 Å². The third kappa shape index (κ3) is 5.92. The van der Waals surface area contributed by atoms with Crippen LogP contribution in [0.1, 0.15) is 34.6 Å². The molecular weight excluding hydrogens is 558 g/mol. The Morgan fingerprint density at radius 3 is 2.52 bits per heavy atom. The number of hydrogen-bond acceptors (Lipinski definition) is 10. The number of carbonyl (C=O) groups is 1. The Labute approximate surface area is 237 Å². The summed E-state index contributed by atoms with van der Waals surface area (Å²) in [5.41, 5.74) is 0.729. The van der Waals surface area contributed by atoms with Crippen LogP contribution in [0.25, 0.3) is 10.8 Å². The summed E-state index contributed by atoms with van der Waals surface area (Å²) in [6.07, 6.45) is 1.92. The molecule has 0 fully saturated rings. The van der Waals surface area contributed by atoms with Crippen molar-refractivity contribution in [3.8, 4) is 11.6 Å². The second-order valence-corrected chi connectivity index (χ2v) is 12.2. The van der Waals surface area contributed by atoms with Gasteiger partial charge < -0.3 is 25.2 Å². The predicted molar refractivity (Wildman–Crippen MR) is 154 cm³/mol. The lowest BCUT2D eigenvalue weighted by atomic mass is 10.2. The smallest absolute Gasteiger partial charge is 0.420 e. The summed E-state index contributed by atoms with van der Waals surface area (Å²) in [6, 6.07) is 9.77. The number of fused-ring (bicyclic) bond motifs is 1. The Kier molecular flexibility index (Phi) is 8.40. The standard InChI is InChI=1S/C27H30ClN5O6S/c1-6-38-27(35)33-14-17-11-22(39-15(2)3)21(12-18(17)25(33)34)31-26-29-13-19(28)24(32-26)30-20-9-7-8-10-23(20)40(36,37)16(4)5/h7-16,34H,6H2,1-5H3,(H2,29,30,31,32). The summed E-state index contributed by atoms with van der Waals surface area (Å²) < 4.78 is 37.8. The lowest BCUT2D eigenvalue weighted by Crippen LogP contribution is -2.15. The maximum absolute atomic E-state index is 12.9. The van der Waals surface area contributed by atoms with Gasteiger partial charge in [0, 0.05) is 17.0 Å². The van der Waals surface area contributed by atoms with Crippen molar-refractivity contribution in [1.82, 2.24) is 14.5 Å². The average Bonchev–Trinajstić information content (AvgIpc) is 3.21. The lowest BCUT2D eigenvalue weighted by Gasteiger charge is -2.17. The maximum Gasteiger partial charge on any atom is 0.420 e. The summed E-state index contributed by atoms with van der Waals surface area (Å²) in [5, 5.41) is 17.3. The van der Waals surface area contributed by atoms with E-state index < -0.39 is 21.2 Å². The zero-order valence-electron chi connectivity index (χ0n) is 22.6. The molecule has 0 unspecified atom stereocenters. The number of aromatic nitrogens is 3. The highest BCUT2D eigenvalue weighted by molar-refractivity contribution is 7.92. The minimum absolute atomic E-state index is 0.119. The summed E-state index contributed by atoms with van der Waals surface area (Å²) >= 11 is 6.37. The molecular formula is C27H30ClN5O6S. The van der Waals surface area contributed by atoms with Crippen molar-refractivity contribution in [2.75, 3.05) is 17.2 Å². The van der Waals surface area contributed by atoms with Crippen LogP contribution in [0.2, 0.25) is 5.02 Å². The fourth-order valence-electron chi connectivity index (χ4n) is 3.84. The zero-order chi connectivity index (χ0) is 29.2. The number of rotatable bonds is 9. The molecule has 0 saturated carbocycles. The Bertz CT molecular complexity index is 1670. The minimum Gasteiger partial charge on any atom is -0.494 e. The number of sulfone groups is 1. The van der Waals surface area contributed by atoms with Crippen molar-refractivity contribution in [2.45, 2.75) is 50.9 Å². The van der Waals surface area contributed by atoms with Gasteiger partial charge in [0.2, 0.25) is 11.8 Å². The molecule has 2 aromatic heterocycles. The van der Waals surface area contributed by atoms with Crippen LogP contribution in [-0.4, -0.2) is 52.1 Å². The van der Waals surface area contributed by atoms with E-state index in [0.29, 0.717) is 27.9 Å². The van der Waals surface area contributed by atoms with E-state index in [0.717, 1.165) is 4.57 Å². The topological polar surface area (TPSA) is 145 Å². The van der Waals surface area contributed by atoms with Gasteiger partial charge >= 0.3 is 6.09 Å². The Morgan fingerprint density at radius 1 is 1.12 bits per heavy atom. The molecule has 0 saturated heterocycles. The molecule has 2 aromatic carbocycles. The zero-order valence-corrected chi connectivity index (χ0v) is 24.2. The molecule has 0 radical (unpaired) electrons. The third-order valence-corrected chi connectivity index (χ3v) is 8.26. The number of nitrogens with one attached hydrogen (secondary N) is 2. The van der Waals surface area contributed by atoms with E-state index in [9.17, 15) is 18.3 Å². The minimum atomic E-state index is -3.59. The van der Waals surface area contributed by atoms with E-state index in [1.165, 1.54) is 18.5 Å². The molecule has 0 spiro atoms. The molecule has 4 aromatic rings. The van der Waals surface area contributed by atoms with E-state index in [2.05, 4.69) is 20.6 Å². The molecule has 13 heteroatoms. The summed E-state index contributed by atoms with van der Waals surface area (Å²) in [7, 11) is -3.59. The predicted octanol–water partition coefficient (Wildman–Crippen LogP) is 6.25. The van der Waals surface area contributed by atoms with Gasteiger partial charge in [-0.3, -0.25) is 0 Å². The van der Waals surface area contributed by atoms with Crippen LogP contribution in [0.4, 0.5) is 27.9 Å². The molecule has 0 aliphatic carbocycles. The second-order valence-electron chi connectivity index (χ2n) is 9.35. The lowest BCUT2D eigenvalue weighted by molar-refractivity contribution is 0.151. The van der Waals surface area contributed by atoms with Gasteiger partial charge in [-0.15, -0.1) is 0 Å². The van der Waals surface area contributed by atoms with E-state index >= 15 is 0 Å². The number of nitrogens with zero attached hydrogens (tertiary/aromatic N) is 3. The maximum atomic E-state index is 12.9. The van der Waals surface area contributed by atoms with Crippen LogP contribution >= 0.6 is 11.6 Å². The Balaban J connectivity index is 1.73.